The van der Waals surface area contributed by atoms with Crippen molar-refractivity contribution in [2.45, 2.75) is 180 Å². The lowest BCUT2D eigenvalue weighted by atomic mass is 9.88. The Kier molecular flexibility index (Phi) is 25.6. The molecule has 2 N–H and O–H groups in total. The van der Waals surface area contributed by atoms with Gasteiger partial charge in [-0.3, -0.25) is 14.1 Å². The minimum atomic E-state index is -4.75. The van der Waals surface area contributed by atoms with E-state index >= 15 is 0 Å². The van der Waals surface area contributed by atoms with Crippen molar-refractivity contribution in [1.29, 1.82) is 0 Å². The van der Waals surface area contributed by atoms with Crippen LogP contribution < -0.4 is 0 Å². The standard InChI is InChI=1S/C32H62O6S/c1-3-5-7-9-11-13-14-15-16-17-19-20-22-24-26-29(32(35)31(28-33)39(36,37)38)30(34)27-25-23-21-18-12-10-8-6-4-2/h29,31,33H,3-28H2,1-2H3,(H,36,37,38). The molecule has 39 heavy (non-hydrogen) atoms. The molecule has 0 aliphatic rings. The fourth-order valence-corrected chi connectivity index (χ4v) is 5.99. The van der Waals surface area contributed by atoms with Gasteiger partial charge < -0.3 is 5.11 Å². The fraction of sp³-hybridized carbons (Fsp3) is 0.938. The van der Waals surface area contributed by atoms with E-state index in [4.69, 9.17) is 0 Å². The molecule has 0 aromatic carbocycles. The maximum Gasteiger partial charge on any atom is 0.277 e. The summed E-state index contributed by atoms with van der Waals surface area (Å²) < 4.78 is 32.6. The molecule has 0 radical (unpaired) electrons. The monoisotopic (exact) mass is 574 g/mol. The molecule has 0 heterocycles. The van der Waals surface area contributed by atoms with Gasteiger partial charge >= 0.3 is 0 Å². The van der Waals surface area contributed by atoms with Crippen molar-refractivity contribution in [2.24, 2.45) is 5.92 Å². The minimum Gasteiger partial charge on any atom is -0.394 e. The number of Topliss-reactive ketones (excluding diaryl/α,β-unsaturated/α-hetero) is 2. The number of hydrogen-bond donors (Lipinski definition) is 2. The molecule has 6 nitrogen and oxygen atoms in total. The van der Waals surface area contributed by atoms with Crippen LogP contribution in [0, 0.1) is 5.92 Å². The van der Waals surface area contributed by atoms with E-state index in [0.29, 0.717) is 19.3 Å². The van der Waals surface area contributed by atoms with E-state index in [2.05, 4.69) is 13.8 Å². The van der Waals surface area contributed by atoms with Crippen LogP contribution in [0.3, 0.4) is 0 Å². The van der Waals surface area contributed by atoms with Crippen molar-refractivity contribution in [3.8, 4) is 0 Å². The second-order valence-electron chi connectivity index (χ2n) is 11.6. The van der Waals surface area contributed by atoms with E-state index < -0.39 is 33.7 Å². The van der Waals surface area contributed by atoms with Crippen LogP contribution in [0.25, 0.3) is 0 Å². The Bertz CT molecular complexity index is 691. The summed E-state index contributed by atoms with van der Waals surface area (Å²) in [4.78, 5) is 25.8. The van der Waals surface area contributed by atoms with Crippen molar-refractivity contribution in [3.63, 3.8) is 0 Å². The van der Waals surface area contributed by atoms with Crippen molar-refractivity contribution >= 4 is 21.7 Å². The first kappa shape index (κ1) is 38.2. The van der Waals surface area contributed by atoms with Gasteiger partial charge in [0.1, 0.15) is 5.78 Å². The molecule has 0 fully saturated rings. The van der Waals surface area contributed by atoms with E-state index in [9.17, 15) is 27.7 Å². The summed E-state index contributed by atoms with van der Waals surface area (Å²) in [5.74, 6) is -2.16. The van der Waals surface area contributed by atoms with E-state index in [1.807, 2.05) is 0 Å². The summed E-state index contributed by atoms with van der Waals surface area (Å²) in [7, 11) is -4.75. The van der Waals surface area contributed by atoms with Gasteiger partial charge in [-0.25, -0.2) is 0 Å². The molecule has 0 aliphatic heterocycles. The van der Waals surface area contributed by atoms with E-state index in [-0.39, 0.29) is 12.2 Å². The Morgan fingerprint density at radius 1 is 0.564 bits per heavy atom. The average Bonchev–Trinajstić information content (AvgIpc) is 2.89. The third-order valence-corrected chi connectivity index (χ3v) is 9.05. The van der Waals surface area contributed by atoms with Gasteiger partial charge in [0.05, 0.1) is 12.5 Å². The van der Waals surface area contributed by atoms with Gasteiger partial charge in [0.15, 0.2) is 11.0 Å². The van der Waals surface area contributed by atoms with Crippen molar-refractivity contribution in [2.75, 3.05) is 6.61 Å². The third kappa shape index (κ3) is 21.6. The topological polar surface area (TPSA) is 109 Å². The van der Waals surface area contributed by atoms with E-state index in [0.717, 1.165) is 38.5 Å². The number of aliphatic hydroxyl groups excluding tert-OH is 1. The molecular formula is C32H62O6S. The number of hydrogen-bond acceptors (Lipinski definition) is 5. The first-order valence-corrected chi connectivity index (χ1v) is 17.9. The first-order valence-electron chi connectivity index (χ1n) is 16.4. The van der Waals surface area contributed by atoms with Crippen molar-refractivity contribution in [1.82, 2.24) is 0 Å². The molecule has 2 atom stereocenters. The fourth-order valence-electron chi connectivity index (χ4n) is 5.34. The molecule has 0 aliphatic carbocycles. The summed E-state index contributed by atoms with van der Waals surface area (Å²) in [6, 6.07) is 0. The highest BCUT2D eigenvalue weighted by Crippen LogP contribution is 2.21. The maximum atomic E-state index is 12.9. The highest BCUT2D eigenvalue weighted by molar-refractivity contribution is 7.87. The lowest BCUT2D eigenvalue weighted by molar-refractivity contribution is -0.133. The zero-order chi connectivity index (χ0) is 29.2. The molecule has 0 amide bonds. The summed E-state index contributed by atoms with van der Waals surface area (Å²) in [6.07, 6.45) is 27.4. The molecule has 0 bridgehead atoms. The van der Waals surface area contributed by atoms with Crippen LogP contribution in [-0.4, -0.2) is 41.5 Å². The van der Waals surface area contributed by atoms with Crippen LogP contribution in [-0.2, 0) is 19.7 Å². The van der Waals surface area contributed by atoms with Crippen molar-refractivity contribution in [3.05, 3.63) is 0 Å². The number of aliphatic hydroxyl groups is 1. The number of unbranched alkanes of at least 4 members (excludes halogenated alkanes) is 21. The molecule has 2 unspecified atom stereocenters. The zero-order valence-corrected chi connectivity index (χ0v) is 26.3. The first-order chi connectivity index (χ1) is 18.8. The second-order valence-corrected chi connectivity index (χ2v) is 13.2. The van der Waals surface area contributed by atoms with Gasteiger partial charge in [-0.05, 0) is 12.8 Å². The maximum absolute atomic E-state index is 12.9. The highest BCUT2D eigenvalue weighted by Gasteiger charge is 2.37. The summed E-state index contributed by atoms with van der Waals surface area (Å²) >= 11 is 0. The predicted molar refractivity (Wildman–Crippen MR) is 163 cm³/mol. The van der Waals surface area contributed by atoms with Crippen molar-refractivity contribution < 1.29 is 27.7 Å². The Morgan fingerprint density at radius 2 is 0.897 bits per heavy atom. The molecule has 0 aromatic rings. The van der Waals surface area contributed by atoms with E-state index in [1.165, 1.54) is 96.3 Å². The molecular weight excluding hydrogens is 512 g/mol. The van der Waals surface area contributed by atoms with Gasteiger partial charge in [0, 0.05) is 6.42 Å². The molecule has 7 heteroatoms. The lowest BCUT2D eigenvalue weighted by Gasteiger charge is -2.19. The van der Waals surface area contributed by atoms with Crippen LogP contribution in [0.2, 0.25) is 0 Å². The molecule has 232 valence electrons. The van der Waals surface area contributed by atoms with Gasteiger partial charge in [0.2, 0.25) is 0 Å². The van der Waals surface area contributed by atoms with Crippen LogP contribution in [0.15, 0.2) is 0 Å². The molecule has 0 aromatic heterocycles. The Balaban J connectivity index is 4.33. The number of rotatable bonds is 30. The minimum absolute atomic E-state index is 0.245. The smallest absolute Gasteiger partial charge is 0.277 e. The summed E-state index contributed by atoms with van der Waals surface area (Å²) in [5, 5.41) is 7.51. The molecule has 0 saturated carbocycles. The number of carbonyl (C=O) groups excluding carboxylic acids is 2. The Labute approximate surface area is 241 Å². The molecule has 0 rings (SSSR count). The SMILES string of the molecule is CCCCCCCCCCCCCCCCC(C(=O)CCCCCCCCCCC)C(=O)C(CO)S(=O)(=O)O. The molecule has 0 saturated heterocycles. The van der Waals surface area contributed by atoms with Gasteiger partial charge in [-0.1, -0.05) is 155 Å². The van der Waals surface area contributed by atoms with Crippen LogP contribution in [0.5, 0.6) is 0 Å². The predicted octanol–water partition coefficient (Wildman–Crippen LogP) is 8.78. The second kappa shape index (κ2) is 26.1. The van der Waals surface area contributed by atoms with Crippen LogP contribution >= 0.6 is 0 Å². The Hall–Kier alpha value is -0.790. The Morgan fingerprint density at radius 3 is 1.23 bits per heavy atom. The largest absolute Gasteiger partial charge is 0.394 e. The lowest BCUT2D eigenvalue weighted by Crippen LogP contribution is -2.40. The van der Waals surface area contributed by atoms with Gasteiger partial charge in [0.25, 0.3) is 10.1 Å². The third-order valence-electron chi connectivity index (χ3n) is 7.95. The zero-order valence-electron chi connectivity index (χ0n) is 25.5. The summed E-state index contributed by atoms with van der Waals surface area (Å²) in [6.45, 7) is 3.44. The van der Waals surface area contributed by atoms with E-state index in [1.54, 1.807) is 0 Å². The number of carbonyl (C=O) groups is 2. The number of ketones is 2. The van der Waals surface area contributed by atoms with Gasteiger partial charge in [-0.15, -0.1) is 0 Å². The quantitative estimate of drug-likeness (QED) is 0.0504. The van der Waals surface area contributed by atoms with Crippen LogP contribution in [0.1, 0.15) is 174 Å². The average molecular weight is 575 g/mol. The summed E-state index contributed by atoms with van der Waals surface area (Å²) in [5.41, 5.74) is 0. The highest BCUT2D eigenvalue weighted by atomic mass is 32.2. The normalized spacial score (nSPS) is 13.4. The van der Waals surface area contributed by atoms with Gasteiger partial charge in [-0.2, -0.15) is 8.42 Å². The van der Waals surface area contributed by atoms with Crippen LogP contribution in [0.4, 0.5) is 0 Å². The molecule has 0 spiro atoms.